The van der Waals surface area contributed by atoms with Crippen LogP contribution in [0.3, 0.4) is 0 Å². The van der Waals surface area contributed by atoms with Crippen molar-refractivity contribution in [3.8, 4) is 11.5 Å². The minimum absolute atomic E-state index is 0.115. The fourth-order valence-electron chi connectivity index (χ4n) is 1.67. The minimum atomic E-state index is 0.115. The summed E-state index contributed by atoms with van der Waals surface area (Å²) >= 11 is 1.81. The van der Waals surface area contributed by atoms with Crippen molar-refractivity contribution in [1.82, 2.24) is 10.1 Å². The van der Waals surface area contributed by atoms with Crippen molar-refractivity contribution in [3.63, 3.8) is 0 Å². The maximum Gasteiger partial charge on any atom is 0.257 e. The van der Waals surface area contributed by atoms with Gasteiger partial charge in [0.05, 0.1) is 12.4 Å². The highest BCUT2D eigenvalue weighted by molar-refractivity contribution is 7.98. The van der Waals surface area contributed by atoms with Gasteiger partial charge in [0.15, 0.2) is 5.82 Å². The van der Waals surface area contributed by atoms with E-state index in [4.69, 9.17) is 9.63 Å². The lowest BCUT2D eigenvalue weighted by atomic mass is 10.2. The predicted molar refractivity (Wildman–Crippen MR) is 81.8 cm³/mol. The molecule has 0 amide bonds. The molecule has 0 bridgehead atoms. The van der Waals surface area contributed by atoms with Gasteiger partial charge in [-0.3, -0.25) is 0 Å². The molecule has 108 valence electrons. The molecular formula is C14H19N3O2S. The van der Waals surface area contributed by atoms with Crippen molar-refractivity contribution < 1.29 is 9.63 Å². The summed E-state index contributed by atoms with van der Waals surface area (Å²) in [6.07, 6.45) is 1.15. The van der Waals surface area contributed by atoms with Gasteiger partial charge in [0.25, 0.3) is 5.89 Å². The number of benzene rings is 1. The molecule has 1 aromatic heterocycles. The zero-order valence-corrected chi connectivity index (χ0v) is 12.3. The number of nitrogens with zero attached hydrogens (tertiary/aromatic N) is 2. The first kappa shape index (κ1) is 14.9. The smallest absolute Gasteiger partial charge is 0.257 e. The highest BCUT2D eigenvalue weighted by Crippen LogP contribution is 2.21. The molecule has 2 rings (SSSR count). The Morgan fingerprint density at radius 1 is 1.30 bits per heavy atom. The first-order valence-electron chi connectivity index (χ1n) is 6.69. The van der Waals surface area contributed by atoms with Gasteiger partial charge in [-0.2, -0.15) is 16.7 Å². The standard InChI is InChI=1S/C14H19N3O2S/c1-2-9-20-10-13-16-14(19-17-13)11-3-5-12(6-4-11)15-7-8-18/h3-6,15,18H,2,7-10H2,1H3. The summed E-state index contributed by atoms with van der Waals surface area (Å²) in [5, 5.41) is 15.8. The zero-order valence-electron chi connectivity index (χ0n) is 11.5. The zero-order chi connectivity index (χ0) is 14.2. The van der Waals surface area contributed by atoms with E-state index < -0.39 is 0 Å². The number of hydrogen-bond donors (Lipinski definition) is 2. The summed E-state index contributed by atoms with van der Waals surface area (Å²) in [6, 6.07) is 7.72. The van der Waals surface area contributed by atoms with Gasteiger partial charge in [0.2, 0.25) is 0 Å². The van der Waals surface area contributed by atoms with Gasteiger partial charge >= 0.3 is 0 Å². The Morgan fingerprint density at radius 3 is 2.80 bits per heavy atom. The fraction of sp³-hybridized carbons (Fsp3) is 0.429. The molecule has 0 saturated carbocycles. The van der Waals surface area contributed by atoms with Crippen LogP contribution in [0.1, 0.15) is 19.2 Å². The van der Waals surface area contributed by atoms with Gasteiger partial charge in [-0.25, -0.2) is 0 Å². The van der Waals surface area contributed by atoms with E-state index in [1.807, 2.05) is 36.0 Å². The molecule has 0 unspecified atom stereocenters. The average Bonchev–Trinajstić information content (AvgIpc) is 2.95. The molecule has 0 fully saturated rings. The Labute approximate surface area is 122 Å². The molecule has 2 aromatic rings. The van der Waals surface area contributed by atoms with Gasteiger partial charge in [-0.1, -0.05) is 12.1 Å². The molecule has 2 N–H and O–H groups in total. The van der Waals surface area contributed by atoms with Gasteiger partial charge in [-0.05, 0) is 36.4 Å². The quantitative estimate of drug-likeness (QED) is 0.729. The highest BCUT2D eigenvalue weighted by Gasteiger charge is 2.08. The molecule has 0 aliphatic rings. The van der Waals surface area contributed by atoms with Crippen molar-refractivity contribution in [3.05, 3.63) is 30.1 Å². The number of thioether (sulfide) groups is 1. The van der Waals surface area contributed by atoms with Crippen LogP contribution in [0.2, 0.25) is 0 Å². The molecular weight excluding hydrogens is 274 g/mol. The minimum Gasteiger partial charge on any atom is -0.395 e. The Hall–Kier alpha value is -1.53. The van der Waals surface area contributed by atoms with Crippen LogP contribution in [0.4, 0.5) is 5.69 Å². The molecule has 1 heterocycles. The van der Waals surface area contributed by atoms with Crippen LogP contribution in [-0.2, 0) is 5.75 Å². The summed E-state index contributed by atoms with van der Waals surface area (Å²) in [6.45, 7) is 2.81. The lowest BCUT2D eigenvalue weighted by molar-refractivity contribution is 0.311. The van der Waals surface area contributed by atoms with Crippen LogP contribution in [0.5, 0.6) is 0 Å². The van der Waals surface area contributed by atoms with E-state index in [0.717, 1.165) is 35.0 Å². The molecule has 0 atom stereocenters. The molecule has 0 aliphatic carbocycles. The topological polar surface area (TPSA) is 71.2 Å². The second-order valence-corrected chi connectivity index (χ2v) is 5.40. The van der Waals surface area contributed by atoms with Gasteiger partial charge < -0.3 is 14.9 Å². The summed E-state index contributed by atoms with van der Waals surface area (Å²) in [5.74, 6) is 3.18. The normalized spacial score (nSPS) is 10.7. The molecule has 0 saturated heterocycles. The van der Waals surface area contributed by atoms with Crippen LogP contribution in [0, 0.1) is 0 Å². The Kier molecular flexibility index (Phi) is 5.88. The third kappa shape index (κ3) is 4.25. The van der Waals surface area contributed by atoms with Crippen molar-refractivity contribution in [2.45, 2.75) is 19.1 Å². The van der Waals surface area contributed by atoms with Crippen LogP contribution >= 0.6 is 11.8 Å². The van der Waals surface area contributed by atoms with Gasteiger partial charge in [0.1, 0.15) is 0 Å². The van der Waals surface area contributed by atoms with E-state index in [1.165, 1.54) is 0 Å². The number of hydrogen-bond acceptors (Lipinski definition) is 6. The molecule has 6 heteroatoms. The van der Waals surface area contributed by atoms with E-state index in [2.05, 4.69) is 22.4 Å². The first-order chi connectivity index (χ1) is 9.83. The molecule has 20 heavy (non-hydrogen) atoms. The first-order valence-corrected chi connectivity index (χ1v) is 7.84. The number of aromatic nitrogens is 2. The van der Waals surface area contributed by atoms with Gasteiger partial charge in [0, 0.05) is 17.8 Å². The fourth-order valence-corrected chi connectivity index (χ4v) is 2.40. The van der Waals surface area contributed by atoms with E-state index in [-0.39, 0.29) is 6.61 Å². The predicted octanol–water partition coefficient (Wildman–Crippen LogP) is 2.78. The van der Waals surface area contributed by atoms with Crippen LogP contribution in [0.15, 0.2) is 28.8 Å². The summed E-state index contributed by atoms with van der Waals surface area (Å²) in [7, 11) is 0. The van der Waals surface area contributed by atoms with E-state index >= 15 is 0 Å². The van der Waals surface area contributed by atoms with Crippen LogP contribution < -0.4 is 5.32 Å². The van der Waals surface area contributed by atoms with Crippen molar-refractivity contribution >= 4 is 17.4 Å². The molecule has 0 radical (unpaired) electrons. The third-order valence-corrected chi connectivity index (χ3v) is 3.78. The van der Waals surface area contributed by atoms with Crippen molar-refractivity contribution in [2.75, 3.05) is 24.2 Å². The number of anilines is 1. The SMILES string of the molecule is CCCSCc1noc(-c2ccc(NCCO)cc2)n1. The average molecular weight is 293 g/mol. The molecule has 5 nitrogen and oxygen atoms in total. The van der Waals surface area contributed by atoms with Crippen LogP contribution in [-0.4, -0.2) is 34.2 Å². The largest absolute Gasteiger partial charge is 0.395 e. The van der Waals surface area contributed by atoms with E-state index in [1.54, 1.807) is 0 Å². The number of aliphatic hydroxyl groups is 1. The lowest BCUT2D eigenvalue weighted by Gasteiger charge is -2.03. The molecule has 1 aromatic carbocycles. The van der Waals surface area contributed by atoms with Crippen molar-refractivity contribution in [1.29, 1.82) is 0 Å². The second-order valence-electron chi connectivity index (χ2n) is 4.30. The maximum atomic E-state index is 8.75. The summed E-state index contributed by atoms with van der Waals surface area (Å²) < 4.78 is 5.27. The summed E-state index contributed by atoms with van der Waals surface area (Å²) in [5.41, 5.74) is 1.86. The highest BCUT2D eigenvalue weighted by atomic mass is 32.2. The number of aliphatic hydroxyl groups excluding tert-OH is 1. The molecule has 0 spiro atoms. The van der Waals surface area contributed by atoms with E-state index in [9.17, 15) is 0 Å². The van der Waals surface area contributed by atoms with Gasteiger partial charge in [-0.15, -0.1) is 0 Å². The second kappa shape index (κ2) is 7.91. The third-order valence-electron chi connectivity index (χ3n) is 2.62. The number of nitrogens with one attached hydrogen (secondary N) is 1. The summed E-state index contributed by atoms with van der Waals surface area (Å²) in [4.78, 5) is 4.39. The van der Waals surface area contributed by atoms with Crippen molar-refractivity contribution in [2.24, 2.45) is 0 Å². The maximum absolute atomic E-state index is 8.75. The monoisotopic (exact) mass is 293 g/mol. The lowest BCUT2D eigenvalue weighted by Crippen LogP contribution is -2.04. The Balaban J connectivity index is 1.97. The van der Waals surface area contributed by atoms with E-state index in [0.29, 0.717) is 12.4 Å². The van der Waals surface area contributed by atoms with Crippen LogP contribution in [0.25, 0.3) is 11.5 Å². The number of rotatable bonds is 8. The molecule has 0 aliphatic heterocycles. The Bertz CT molecular complexity index is 513. The Morgan fingerprint density at radius 2 is 2.10 bits per heavy atom.